The molecule has 0 saturated heterocycles. The average Bonchev–Trinajstić information content (AvgIpc) is 2.74. The maximum absolute atomic E-state index is 11.8. The molecule has 2 heterocycles. The number of aromatic nitrogens is 4. The van der Waals surface area contributed by atoms with Gasteiger partial charge in [-0.15, -0.1) is 5.10 Å². The van der Waals surface area contributed by atoms with E-state index in [0.717, 1.165) is 12.1 Å². The van der Waals surface area contributed by atoms with Crippen LogP contribution >= 0.6 is 0 Å². The summed E-state index contributed by atoms with van der Waals surface area (Å²) in [5.41, 5.74) is 0.894. The lowest BCUT2D eigenvalue weighted by Gasteiger charge is -2.08. The number of nitrogens with one attached hydrogen (secondary N) is 1. The Labute approximate surface area is 99.1 Å². The Balaban J connectivity index is 2.30. The normalized spacial score (nSPS) is 12.6. The molecule has 1 unspecified atom stereocenters. The van der Waals surface area contributed by atoms with E-state index in [1.54, 1.807) is 10.7 Å². The van der Waals surface area contributed by atoms with Gasteiger partial charge in [0.2, 0.25) is 5.82 Å². The Bertz CT molecular complexity index is 548. The van der Waals surface area contributed by atoms with Crippen molar-refractivity contribution in [3.63, 3.8) is 0 Å². The van der Waals surface area contributed by atoms with E-state index < -0.39 is 0 Å². The maximum atomic E-state index is 11.8. The van der Waals surface area contributed by atoms with Crippen LogP contribution in [0, 0.1) is 6.92 Å². The summed E-state index contributed by atoms with van der Waals surface area (Å²) in [5.74, 6) is 0.343. The standard InChI is InChI=1S/C11H15N5O/c1-4-7(2)13-10(17)9-14-11-12-6-5-8(3)16(11)15-9/h5-7H,4H2,1-3H3,(H,13,17). The topological polar surface area (TPSA) is 72.2 Å². The lowest BCUT2D eigenvalue weighted by Crippen LogP contribution is -2.32. The van der Waals surface area contributed by atoms with E-state index in [4.69, 9.17) is 0 Å². The van der Waals surface area contributed by atoms with E-state index >= 15 is 0 Å². The first-order valence-electron chi connectivity index (χ1n) is 5.61. The number of rotatable bonds is 3. The van der Waals surface area contributed by atoms with Gasteiger partial charge in [0.15, 0.2) is 0 Å². The summed E-state index contributed by atoms with van der Waals surface area (Å²) >= 11 is 0. The number of fused-ring (bicyclic) bond motifs is 1. The van der Waals surface area contributed by atoms with E-state index in [-0.39, 0.29) is 17.8 Å². The van der Waals surface area contributed by atoms with Crippen molar-refractivity contribution in [1.29, 1.82) is 0 Å². The Morgan fingerprint density at radius 3 is 3.00 bits per heavy atom. The van der Waals surface area contributed by atoms with Crippen LogP contribution in [0.2, 0.25) is 0 Å². The summed E-state index contributed by atoms with van der Waals surface area (Å²) < 4.78 is 1.56. The van der Waals surface area contributed by atoms with Gasteiger partial charge in [0.25, 0.3) is 11.7 Å². The molecule has 90 valence electrons. The Morgan fingerprint density at radius 2 is 2.35 bits per heavy atom. The minimum atomic E-state index is -0.260. The summed E-state index contributed by atoms with van der Waals surface area (Å²) in [6.07, 6.45) is 2.52. The van der Waals surface area contributed by atoms with Gasteiger partial charge in [0.05, 0.1) is 0 Å². The first kappa shape index (κ1) is 11.5. The number of nitrogens with zero attached hydrogens (tertiary/aromatic N) is 4. The van der Waals surface area contributed by atoms with Gasteiger partial charge in [-0.3, -0.25) is 4.79 Å². The van der Waals surface area contributed by atoms with Gasteiger partial charge in [-0.1, -0.05) is 6.92 Å². The Morgan fingerprint density at radius 1 is 1.59 bits per heavy atom. The zero-order valence-electron chi connectivity index (χ0n) is 10.1. The molecule has 0 aliphatic heterocycles. The molecule has 2 rings (SSSR count). The third kappa shape index (κ3) is 2.25. The van der Waals surface area contributed by atoms with Crippen molar-refractivity contribution in [3.05, 3.63) is 23.8 Å². The molecule has 0 bridgehead atoms. The quantitative estimate of drug-likeness (QED) is 0.857. The van der Waals surface area contributed by atoms with Gasteiger partial charge in [-0.25, -0.2) is 9.50 Å². The molecule has 0 radical (unpaired) electrons. The van der Waals surface area contributed by atoms with Crippen molar-refractivity contribution in [3.8, 4) is 0 Å². The lowest BCUT2D eigenvalue weighted by atomic mass is 10.2. The van der Waals surface area contributed by atoms with E-state index in [1.807, 2.05) is 26.8 Å². The summed E-state index contributed by atoms with van der Waals surface area (Å²) in [7, 11) is 0. The molecule has 0 aliphatic rings. The van der Waals surface area contributed by atoms with Crippen molar-refractivity contribution in [2.24, 2.45) is 0 Å². The SMILES string of the molecule is CCC(C)NC(=O)c1nc2nccc(C)n2n1. The number of hydrogen-bond donors (Lipinski definition) is 1. The summed E-state index contributed by atoms with van der Waals surface area (Å²) in [4.78, 5) is 20.0. The van der Waals surface area contributed by atoms with E-state index in [9.17, 15) is 4.79 Å². The number of aryl methyl sites for hydroxylation is 1. The molecular weight excluding hydrogens is 218 g/mol. The number of amides is 1. The summed E-state index contributed by atoms with van der Waals surface area (Å²) in [5, 5.41) is 6.95. The molecule has 2 aromatic heterocycles. The predicted molar refractivity (Wildman–Crippen MR) is 62.7 cm³/mol. The average molecular weight is 233 g/mol. The first-order chi connectivity index (χ1) is 8.11. The molecule has 17 heavy (non-hydrogen) atoms. The molecule has 6 heteroatoms. The van der Waals surface area contributed by atoms with Crippen LogP contribution in [0.3, 0.4) is 0 Å². The number of carbonyl (C=O) groups is 1. The molecule has 0 fully saturated rings. The molecule has 1 amide bonds. The number of hydrogen-bond acceptors (Lipinski definition) is 4. The highest BCUT2D eigenvalue weighted by molar-refractivity contribution is 5.90. The van der Waals surface area contributed by atoms with E-state index in [2.05, 4.69) is 20.4 Å². The highest BCUT2D eigenvalue weighted by Gasteiger charge is 2.15. The van der Waals surface area contributed by atoms with Gasteiger partial charge >= 0.3 is 0 Å². The monoisotopic (exact) mass is 233 g/mol. The van der Waals surface area contributed by atoms with Crippen LogP contribution in [0.5, 0.6) is 0 Å². The third-order valence-corrected chi connectivity index (χ3v) is 2.62. The number of carbonyl (C=O) groups excluding carboxylic acids is 1. The zero-order chi connectivity index (χ0) is 12.4. The molecule has 0 aliphatic carbocycles. The third-order valence-electron chi connectivity index (χ3n) is 2.62. The largest absolute Gasteiger partial charge is 0.347 e. The van der Waals surface area contributed by atoms with Crippen LogP contribution in [0.15, 0.2) is 12.3 Å². The molecule has 0 aromatic carbocycles. The highest BCUT2D eigenvalue weighted by Crippen LogP contribution is 2.02. The minimum absolute atomic E-state index is 0.114. The summed E-state index contributed by atoms with van der Waals surface area (Å²) in [6.45, 7) is 5.84. The highest BCUT2D eigenvalue weighted by atomic mass is 16.2. The van der Waals surface area contributed by atoms with E-state index in [1.165, 1.54) is 0 Å². The molecular formula is C11H15N5O. The Hall–Kier alpha value is -1.98. The van der Waals surface area contributed by atoms with Crippen molar-refractivity contribution in [2.75, 3.05) is 0 Å². The van der Waals surface area contributed by atoms with Crippen molar-refractivity contribution in [2.45, 2.75) is 33.2 Å². The fourth-order valence-corrected chi connectivity index (χ4v) is 1.39. The maximum Gasteiger partial charge on any atom is 0.291 e. The predicted octanol–water partition coefficient (Wildman–Crippen LogP) is 0.961. The molecule has 2 aromatic rings. The van der Waals surface area contributed by atoms with Crippen molar-refractivity contribution in [1.82, 2.24) is 24.9 Å². The van der Waals surface area contributed by atoms with Crippen LogP contribution in [0.1, 0.15) is 36.6 Å². The van der Waals surface area contributed by atoms with Crippen molar-refractivity contribution >= 4 is 11.7 Å². The Kier molecular flexibility index (Phi) is 3.03. The second kappa shape index (κ2) is 4.48. The molecule has 0 spiro atoms. The molecule has 1 atom stereocenters. The minimum Gasteiger partial charge on any atom is -0.347 e. The van der Waals surface area contributed by atoms with Crippen LogP contribution in [-0.4, -0.2) is 31.5 Å². The fraction of sp³-hybridized carbons (Fsp3) is 0.455. The first-order valence-corrected chi connectivity index (χ1v) is 5.61. The fourth-order valence-electron chi connectivity index (χ4n) is 1.39. The smallest absolute Gasteiger partial charge is 0.291 e. The van der Waals surface area contributed by atoms with Gasteiger partial charge in [0, 0.05) is 17.9 Å². The van der Waals surface area contributed by atoms with Crippen molar-refractivity contribution < 1.29 is 4.79 Å². The van der Waals surface area contributed by atoms with Crippen LogP contribution in [0.4, 0.5) is 0 Å². The lowest BCUT2D eigenvalue weighted by molar-refractivity contribution is 0.0929. The second-order valence-electron chi connectivity index (χ2n) is 4.02. The summed E-state index contributed by atoms with van der Waals surface area (Å²) in [6, 6.07) is 1.93. The van der Waals surface area contributed by atoms with E-state index in [0.29, 0.717) is 5.78 Å². The zero-order valence-corrected chi connectivity index (χ0v) is 10.1. The van der Waals surface area contributed by atoms with Gasteiger partial charge in [-0.05, 0) is 26.3 Å². The van der Waals surface area contributed by atoms with Crippen LogP contribution < -0.4 is 5.32 Å². The molecule has 6 nitrogen and oxygen atoms in total. The van der Waals surface area contributed by atoms with Gasteiger partial charge < -0.3 is 5.32 Å². The molecule has 0 saturated carbocycles. The molecule has 1 N–H and O–H groups in total. The van der Waals surface area contributed by atoms with Gasteiger partial charge in [0.1, 0.15) is 0 Å². The van der Waals surface area contributed by atoms with Crippen LogP contribution in [0.25, 0.3) is 5.78 Å². The van der Waals surface area contributed by atoms with Gasteiger partial charge in [-0.2, -0.15) is 4.98 Å². The van der Waals surface area contributed by atoms with Crippen LogP contribution in [-0.2, 0) is 0 Å². The second-order valence-corrected chi connectivity index (χ2v) is 4.02.